The van der Waals surface area contributed by atoms with Gasteiger partial charge in [-0.25, -0.2) is 21.6 Å². The standard InChI is InChI=1S/C19H26F3N3O3S/c1-11(26)24-4-5-29(27,28)25-14-2-3-15(25)7-13(6-14)19(23)9-12-8-17(21)18(22)10-16(12)20/h8,10,13-15,19H,2-7,9,23H2,1H3,(H,24,26)/t13?,14-,15?,19?/m0/s1. The van der Waals surface area contributed by atoms with Gasteiger partial charge in [0, 0.05) is 37.7 Å². The normalized spacial score (nSPS) is 25.8. The van der Waals surface area contributed by atoms with Crippen molar-refractivity contribution in [2.24, 2.45) is 11.7 Å². The summed E-state index contributed by atoms with van der Waals surface area (Å²) < 4.78 is 67.5. The molecule has 2 aliphatic heterocycles. The number of nitrogens with one attached hydrogen (secondary N) is 1. The van der Waals surface area contributed by atoms with Crippen LogP contribution < -0.4 is 11.1 Å². The van der Waals surface area contributed by atoms with E-state index < -0.39 is 33.5 Å². The van der Waals surface area contributed by atoms with E-state index in [-0.39, 0.29) is 48.2 Å². The average molecular weight is 433 g/mol. The highest BCUT2D eigenvalue weighted by Crippen LogP contribution is 2.41. The summed E-state index contributed by atoms with van der Waals surface area (Å²) in [5.74, 6) is -3.67. The first kappa shape index (κ1) is 22.0. The maximum atomic E-state index is 13.9. The molecule has 0 aliphatic carbocycles. The number of nitrogens with zero attached hydrogens (tertiary/aromatic N) is 1. The molecule has 2 bridgehead atoms. The summed E-state index contributed by atoms with van der Waals surface area (Å²) in [5, 5.41) is 2.50. The first-order valence-corrected chi connectivity index (χ1v) is 11.3. The third-order valence-corrected chi connectivity index (χ3v) is 7.87. The van der Waals surface area contributed by atoms with Crippen LogP contribution in [0.15, 0.2) is 12.1 Å². The lowest BCUT2D eigenvalue weighted by Gasteiger charge is -2.40. The van der Waals surface area contributed by atoms with E-state index >= 15 is 0 Å². The number of nitrogens with two attached hydrogens (primary N) is 1. The second kappa shape index (κ2) is 8.61. The number of piperidine rings is 1. The Morgan fingerprint density at radius 2 is 1.76 bits per heavy atom. The van der Waals surface area contributed by atoms with E-state index in [9.17, 15) is 26.4 Å². The van der Waals surface area contributed by atoms with E-state index in [2.05, 4.69) is 5.32 Å². The minimum Gasteiger partial charge on any atom is -0.355 e. The number of carbonyl (C=O) groups excluding carboxylic acids is 1. The number of carbonyl (C=O) groups is 1. The van der Waals surface area contributed by atoms with Crippen LogP contribution >= 0.6 is 0 Å². The van der Waals surface area contributed by atoms with Crippen molar-refractivity contribution in [2.45, 2.75) is 57.2 Å². The van der Waals surface area contributed by atoms with Gasteiger partial charge in [-0.15, -0.1) is 0 Å². The Balaban J connectivity index is 1.65. The van der Waals surface area contributed by atoms with Crippen molar-refractivity contribution in [1.29, 1.82) is 0 Å². The molecule has 2 heterocycles. The van der Waals surface area contributed by atoms with Gasteiger partial charge in [-0.1, -0.05) is 0 Å². The summed E-state index contributed by atoms with van der Waals surface area (Å²) >= 11 is 0. The number of sulfonamides is 1. The molecule has 4 atom stereocenters. The predicted molar refractivity (Wildman–Crippen MR) is 102 cm³/mol. The van der Waals surface area contributed by atoms with Crippen LogP contribution in [0.3, 0.4) is 0 Å². The van der Waals surface area contributed by atoms with Gasteiger partial charge in [0.15, 0.2) is 11.6 Å². The Bertz CT molecular complexity index is 867. The number of halogens is 3. The van der Waals surface area contributed by atoms with Crippen molar-refractivity contribution in [3.8, 4) is 0 Å². The summed E-state index contributed by atoms with van der Waals surface area (Å²) in [6.45, 7) is 1.39. The first-order valence-electron chi connectivity index (χ1n) is 9.73. The zero-order chi connectivity index (χ0) is 21.3. The fourth-order valence-electron chi connectivity index (χ4n) is 4.58. The molecule has 0 aromatic heterocycles. The molecule has 2 fully saturated rings. The molecule has 0 spiro atoms. The van der Waals surface area contributed by atoms with E-state index in [1.54, 1.807) is 4.31 Å². The maximum Gasteiger partial charge on any atom is 0.216 e. The molecule has 1 aromatic carbocycles. The van der Waals surface area contributed by atoms with Crippen molar-refractivity contribution in [3.63, 3.8) is 0 Å². The molecular formula is C19H26F3N3O3S. The molecule has 2 saturated heterocycles. The van der Waals surface area contributed by atoms with Crippen molar-refractivity contribution < 1.29 is 26.4 Å². The quantitative estimate of drug-likeness (QED) is 0.640. The van der Waals surface area contributed by atoms with Crippen LogP contribution in [-0.4, -0.2) is 49.1 Å². The van der Waals surface area contributed by atoms with Gasteiger partial charge >= 0.3 is 0 Å². The van der Waals surface area contributed by atoms with Crippen LogP contribution in [0.1, 0.15) is 38.2 Å². The molecule has 162 valence electrons. The van der Waals surface area contributed by atoms with Crippen LogP contribution in [0.5, 0.6) is 0 Å². The van der Waals surface area contributed by atoms with Gasteiger partial charge in [0.1, 0.15) is 5.82 Å². The monoisotopic (exact) mass is 433 g/mol. The zero-order valence-electron chi connectivity index (χ0n) is 16.2. The second-order valence-electron chi connectivity index (χ2n) is 7.97. The lowest BCUT2D eigenvalue weighted by molar-refractivity contribution is -0.118. The van der Waals surface area contributed by atoms with Crippen molar-refractivity contribution in [2.75, 3.05) is 12.3 Å². The molecular weight excluding hydrogens is 407 g/mol. The Labute approximate surface area is 168 Å². The van der Waals surface area contributed by atoms with Crippen LogP contribution in [-0.2, 0) is 21.2 Å². The Hall–Kier alpha value is -1.65. The molecule has 29 heavy (non-hydrogen) atoms. The summed E-state index contributed by atoms with van der Waals surface area (Å²) in [7, 11) is -3.51. The van der Waals surface area contributed by atoms with E-state index in [4.69, 9.17) is 5.73 Å². The first-order chi connectivity index (χ1) is 13.6. The number of hydrogen-bond donors (Lipinski definition) is 2. The lowest BCUT2D eigenvalue weighted by Crippen LogP contribution is -2.51. The van der Waals surface area contributed by atoms with Gasteiger partial charge in [0.05, 0.1) is 5.75 Å². The molecule has 3 rings (SSSR count). The number of benzene rings is 1. The Kier molecular flexibility index (Phi) is 6.54. The molecule has 0 saturated carbocycles. The average Bonchev–Trinajstić information content (AvgIpc) is 2.90. The number of rotatable bonds is 7. The second-order valence-corrected chi connectivity index (χ2v) is 9.96. The largest absolute Gasteiger partial charge is 0.355 e. The summed E-state index contributed by atoms with van der Waals surface area (Å²) in [5.41, 5.74) is 6.28. The SMILES string of the molecule is CC(=O)NCCS(=O)(=O)N1C2CC[C@H]1CC(C(N)Cc1cc(F)c(F)cc1F)C2. The molecule has 1 amide bonds. The van der Waals surface area contributed by atoms with E-state index in [0.717, 1.165) is 18.9 Å². The number of amides is 1. The third kappa shape index (κ3) is 4.92. The van der Waals surface area contributed by atoms with Crippen molar-refractivity contribution >= 4 is 15.9 Å². The smallest absolute Gasteiger partial charge is 0.216 e. The van der Waals surface area contributed by atoms with Crippen molar-refractivity contribution in [1.82, 2.24) is 9.62 Å². The molecule has 10 heteroatoms. The van der Waals surface area contributed by atoms with Gasteiger partial charge in [-0.05, 0) is 49.7 Å². The summed E-state index contributed by atoms with van der Waals surface area (Å²) in [6.07, 6.45) is 2.60. The fraction of sp³-hybridized carbons (Fsp3) is 0.632. The van der Waals surface area contributed by atoms with E-state index in [1.807, 2.05) is 0 Å². The summed E-state index contributed by atoms with van der Waals surface area (Å²) in [6, 6.07) is 0.511. The number of hydrogen-bond acceptors (Lipinski definition) is 4. The zero-order valence-corrected chi connectivity index (χ0v) is 17.0. The fourth-order valence-corrected chi connectivity index (χ4v) is 6.44. The van der Waals surface area contributed by atoms with Gasteiger partial charge in [-0.2, -0.15) is 4.31 Å². The topological polar surface area (TPSA) is 92.5 Å². The predicted octanol–water partition coefficient (Wildman–Crippen LogP) is 1.68. The molecule has 1 aromatic rings. The summed E-state index contributed by atoms with van der Waals surface area (Å²) in [4.78, 5) is 11.0. The molecule has 0 radical (unpaired) electrons. The Morgan fingerprint density at radius 1 is 1.17 bits per heavy atom. The minimum absolute atomic E-state index is 0.0223. The van der Waals surface area contributed by atoms with Crippen molar-refractivity contribution in [3.05, 3.63) is 35.1 Å². The van der Waals surface area contributed by atoms with Gasteiger partial charge < -0.3 is 11.1 Å². The highest BCUT2D eigenvalue weighted by atomic mass is 32.2. The third-order valence-electron chi connectivity index (χ3n) is 5.91. The number of fused-ring (bicyclic) bond motifs is 2. The van der Waals surface area contributed by atoms with Crippen LogP contribution in [0, 0.1) is 23.4 Å². The van der Waals surface area contributed by atoms with Crippen LogP contribution in [0.4, 0.5) is 13.2 Å². The maximum absolute atomic E-state index is 13.9. The van der Waals surface area contributed by atoms with Gasteiger partial charge in [0.25, 0.3) is 0 Å². The molecule has 3 N–H and O–H groups in total. The molecule has 6 nitrogen and oxygen atoms in total. The van der Waals surface area contributed by atoms with E-state index in [0.29, 0.717) is 18.9 Å². The van der Waals surface area contributed by atoms with E-state index in [1.165, 1.54) is 6.92 Å². The molecule has 3 unspecified atom stereocenters. The highest BCUT2D eigenvalue weighted by molar-refractivity contribution is 7.89. The molecule has 2 aliphatic rings. The van der Waals surface area contributed by atoms with Crippen LogP contribution in [0.25, 0.3) is 0 Å². The minimum atomic E-state index is -3.51. The highest BCUT2D eigenvalue weighted by Gasteiger charge is 2.47. The van der Waals surface area contributed by atoms with Gasteiger partial charge in [0.2, 0.25) is 15.9 Å². The van der Waals surface area contributed by atoms with Gasteiger partial charge in [-0.3, -0.25) is 4.79 Å². The lowest BCUT2D eigenvalue weighted by atomic mass is 9.83. The van der Waals surface area contributed by atoms with Crippen LogP contribution in [0.2, 0.25) is 0 Å². The Morgan fingerprint density at radius 3 is 2.34 bits per heavy atom.